The monoisotopic (exact) mass is 255 g/mol. The maximum atomic E-state index is 12.5. The molecule has 0 amide bonds. The van der Waals surface area contributed by atoms with Crippen molar-refractivity contribution >= 4 is 14.7 Å². The lowest BCUT2D eigenvalue weighted by Gasteiger charge is -2.07. The van der Waals surface area contributed by atoms with Crippen LogP contribution in [0.4, 0.5) is 13.2 Å². The third-order valence-electron chi connectivity index (χ3n) is 1.62. The highest BCUT2D eigenvalue weighted by Gasteiger charge is 2.41. The first-order valence-electron chi connectivity index (χ1n) is 4.29. The van der Waals surface area contributed by atoms with E-state index in [1.165, 1.54) is 6.92 Å². The number of alkyl halides is 3. The van der Waals surface area contributed by atoms with Crippen LogP contribution in [0.5, 0.6) is 0 Å². The first-order valence-corrected chi connectivity index (χ1v) is 5.74. The average molecular weight is 255 g/mol. The van der Waals surface area contributed by atoms with Crippen LogP contribution in [0.15, 0.2) is 0 Å². The summed E-state index contributed by atoms with van der Waals surface area (Å²) in [5, 5.41) is 6.22. The minimum atomic E-state index is -4.71. The maximum absolute atomic E-state index is 12.5. The molecule has 0 aliphatic carbocycles. The Bertz CT molecular complexity index is 391. The van der Waals surface area contributed by atoms with Gasteiger partial charge in [0.25, 0.3) is 0 Å². The van der Waals surface area contributed by atoms with E-state index in [0.29, 0.717) is 0 Å². The quantitative estimate of drug-likeness (QED) is 0.607. The smallest absolute Gasteiger partial charge is 0.437 e. The zero-order valence-electron chi connectivity index (χ0n) is 8.50. The van der Waals surface area contributed by atoms with Gasteiger partial charge in [-0.3, -0.25) is 0 Å². The van der Waals surface area contributed by atoms with E-state index >= 15 is 0 Å². The second-order valence-corrected chi connectivity index (χ2v) is 3.51. The Hall–Kier alpha value is -1.17. The summed E-state index contributed by atoms with van der Waals surface area (Å²) >= 11 is 0. The van der Waals surface area contributed by atoms with Crippen molar-refractivity contribution in [1.29, 1.82) is 0 Å². The molecule has 0 aromatic carbocycles. The van der Waals surface area contributed by atoms with Crippen molar-refractivity contribution in [2.24, 2.45) is 0 Å². The summed E-state index contributed by atoms with van der Waals surface area (Å²) in [6.45, 7) is 3.08. The second-order valence-electron chi connectivity index (χ2n) is 2.64. The van der Waals surface area contributed by atoms with Gasteiger partial charge >= 0.3 is 12.1 Å². The van der Waals surface area contributed by atoms with Gasteiger partial charge in [0.05, 0.1) is 6.61 Å². The molecule has 0 bridgehead atoms. The van der Waals surface area contributed by atoms with Crippen molar-refractivity contribution in [3.63, 3.8) is 0 Å². The van der Waals surface area contributed by atoms with Crippen LogP contribution < -0.4 is 0 Å². The topological polar surface area (TPSA) is 57.0 Å². The molecule has 0 radical (unpaired) electrons. The summed E-state index contributed by atoms with van der Waals surface area (Å²) in [5.74, 6) is -1.06. The van der Waals surface area contributed by atoms with E-state index < -0.39 is 23.5 Å². The molecule has 90 valence electrons. The Morgan fingerprint density at radius 3 is 2.62 bits per heavy atom. The molecule has 0 fully saturated rings. The number of rotatable bonds is 3. The summed E-state index contributed by atoms with van der Waals surface area (Å²) in [6, 6.07) is 0. The van der Waals surface area contributed by atoms with Gasteiger partial charge in [0.1, 0.15) is 0 Å². The molecular formula is C7H9F3N3O2P. The molecule has 9 heteroatoms. The lowest BCUT2D eigenvalue weighted by molar-refractivity contribution is -0.141. The highest BCUT2D eigenvalue weighted by molar-refractivity contribution is 7.35. The van der Waals surface area contributed by atoms with Gasteiger partial charge in [-0.05, 0) is 13.6 Å². The molecular weight excluding hydrogens is 246 g/mol. The van der Waals surface area contributed by atoms with Crippen LogP contribution >= 0.6 is 8.73 Å². The Labute approximate surface area is 90.8 Å². The second kappa shape index (κ2) is 4.78. The lowest BCUT2D eigenvalue weighted by atomic mass is 10.3. The Morgan fingerprint density at radius 2 is 2.19 bits per heavy atom. The standard InChI is InChI=1S/C7H9F3N3O2P/c1-3-15-6(14)4-5(7(8,9)10)11-12-13(4)16-2/h16H,3H2,1-2H3. The molecule has 0 N–H and O–H groups in total. The van der Waals surface area contributed by atoms with Gasteiger partial charge < -0.3 is 4.74 Å². The number of carbonyl (C=O) groups is 1. The minimum Gasteiger partial charge on any atom is -0.461 e. The molecule has 0 saturated heterocycles. The van der Waals surface area contributed by atoms with Gasteiger partial charge in [-0.2, -0.15) is 13.2 Å². The van der Waals surface area contributed by atoms with Crippen LogP contribution in [-0.4, -0.2) is 34.0 Å². The van der Waals surface area contributed by atoms with E-state index in [1.807, 2.05) is 0 Å². The largest absolute Gasteiger partial charge is 0.461 e. The fourth-order valence-electron chi connectivity index (χ4n) is 1.01. The third-order valence-corrected chi connectivity index (χ3v) is 2.36. The molecule has 16 heavy (non-hydrogen) atoms. The molecule has 1 rings (SSSR count). The fraction of sp³-hybridized carbons (Fsp3) is 0.571. The van der Waals surface area contributed by atoms with Gasteiger partial charge in [0, 0.05) is 8.73 Å². The number of hydrogen-bond acceptors (Lipinski definition) is 4. The van der Waals surface area contributed by atoms with E-state index in [0.717, 1.165) is 4.45 Å². The van der Waals surface area contributed by atoms with Crippen LogP contribution in [-0.2, 0) is 10.9 Å². The van der Waals surface area contributed by atoms with E-state index in [-0.39, 0.29) is 15.3 Å². The predicted molar refractivity (Wildman–Crippen MR) is 50.6 cm³/mol. The predicted octanol–water partition coefficient (Wildman–Crippen LogP) is 1.54. The summed E-state index contributed by atoms with van der Waals surface area (Å²) in [5.41, 5.74) is -1.95. The molecule has 1 unspecified atom stereocenters. The average Bonchev–Trinajstić information content (AvgIpc) is 2.60. The van der Waals surface area contributed by atoms with E-state index in [4.69, 9.17) is 0 Å². The van der Waals surface area contributed by atoms with Crippen molar-refractivity contribution in [2.75, 3.05) is 13.3 Å². The molecule has 0 spiro atoms. The lowest BCUT2D eigenvalue weighted by Crippen LogP contribution is -2.16. The fourth-order valence-corrected chi connectivity index (χ4v) is 1.57. The van der Waals surface area contributed by atoms with Crippen LogP contribution in [0.25, 0.3) is 0 Å². The van der Waals surface area contributed by atoms with Crippen LogP contribution in [0.1, 0.15) is 23.1 Å². The Balaban J connectivity index is 3.21. The van der Waals surface area contributed by atoms with Crippen molar-refractivity contribution in [3.8, 4) is 0 Å². The Morgan fingerprint density at radius 1 is 1.56 bits per heavy atom. The number of esters is 1. The van der Waals surface area contributed by atoms with Crippen molar-refractivity contribution in [2.45, 2.75) is 13.1 Å². The number of halogens is 3. The van der Waals surface area contributed by atoms with Gasteiger partial charge in [-0.15, -0.1) is 5.10 Å². The Kier molecular flexibility index (Phi) is 3.85. The first-order chi connectivity index (χ1) is 7.41. The SMILES string of the molecule is CCOC(=O)c1c(C(F)(F)F)nnn1PC. The first kappa shape index (κ1) is 12.9. The van der Waals surface area contributed by atoms with Gasteiger partial charge in [-0.1, -0.05) is 5.21 Å². The van der Waals surface area contributed by atoms with Gasteiger partial charge in [0.15, 0.2) is 5.69 Å². The highest BCUT2D eigenvalue weighted by Crippen LogP contribution is 2.31. The molecule has 5 nitrogen and oxygen atoms in total. The molecule has 1 aromatic heterocycles. The van der Waals surface area contributed by atoms with E-state index in [2.05, 4.69) is 15.0 Å². The number of ether oxygens (including phenoxy) is 1. The molecule has 1 heterocycles. The molecule has 0 saturated carbocycles. The van der Waals surface area contributed by atoms with Crippen LogP contribution in [0.3, 0.4) is 0 Å². The van der Waals surface area contributed by atoms with E-state index in [1.54, 1.807) is 6.66 Å². The molecule has 0 aliphatic rings. The zero-order chi connectivity index (χ0) is 12.3. The van der Waals surface area contributed by atoms with Crippen molar-refractivity contribution in [1.82, 2.24) is 14.8 Å². The number of aromatic nitrogens is 3. The van der Waals surface area contributed by atoms with Crippen LogP contribution in [0, 0.1) is 0 Å². The summed E-state index contributed by atoms with van der Waals surface area (Å²) in [7, 11) is -0.132. The summed E-state index contributed by atoms with van der Waals surface area (Å²) < 4.78 is 42.9. The van der Waals surface area contributed by atoms with Crippen LogP contribution in [0.2, 0.25) is 0 Å². The molecule has 1 aromatic rings. The minimum absolute atomic E-state index is 0.00582. The summed E-state index contributed by atoms with van der Waals surface area (Å²) in [4.78, 5) is 11.3. The summed E-state index contributed by atoms with van der Waals surface area (Å²) in [6.07, 6.45) is -4.71. The number of carbonyl (C=O) groups excluding carboxylic acids is 1. The van der Waals surface area contributed by atoms with Gasteiger partial charge in [0.2, 0.25) is 5.69 Å². The van der Waals surface area contributed by atoms with Crippen molar-refractivity contribution < 1.29 is 22.7 Å². The van der Waals surface area contributed by atoms with E-state index in [9.17, 15) is 18.0 Å². The zero-order valence-corrected chi connectivity index (χ0v) is 9.50. The highest BCUT2D eigenvalue weighted by atomic mass is 31.1. The third kappa shape index (κ3) is 2.49. The molecule has 0 aliphatic heterocycles. The number of hydrogen-bond donors (Lipinski definition) is 0. The van der Waals surface area contributed by atoms with Gasteiger partial charge in [-0.25, -0.2) is 9.25 Å². The number of nitrogens with zero attached hydrogens (tertiary/aromatic N) is 3. The normalized spacial score (nSPS) is 12.3. The molecule has 1 atom stereocenters. The van der Waals surface area contributed by atoms with Crippen molar-refractivity contribution in [3.05, 3.63) is 11.4 Å². The maximum Gasteiger partial charge on any atom is 0.437 e.